The summed E-state index contributed by atoms with van der Waals surface area (Å²) in [5.41, 5.74) is 6.93. The van der Waals surface area contributed by atoms with E-state index in [1.807, 2.05) is 12.1 Å². The third kappa shape index (κ3) is 8.19. The molecule has 0 fully saturated rings. The minimum Gasteiger partial charge on any atom is -0.508 e. The van der Waals surface area contributed by atoms with Gasteiger partial charge >= 0.3 is 0 Å². The number of aliphatic hydroxyl groups excluding tert-OH is 2. The van der Waals surface area contributed by atoms with Crippen LogP contribution in [0.4, 0.5) is 0 Å². The fourth-order valence-electron chi connectivity index (χ4n) is 4.17. The molecule has 5 N–H and O–H groups in total. The summed E-state index contributed by atoms with van der Waals surface area (Å²) >= 11 is 0. The van der Waals surface area contributed by atoms with Gasteiger partial charge < -0.3 is 26.0 Å². The number of aliphatic hydroxyl groups is 2. The second kappa shape index (κ2) is 13.2. The normalized spacial score (nSPS) is 12.8. The van der Waals surface area contributed by atoms with Crippen molar-refractivity contribution in [2.75, 3.05) is 6.54 Å². The van der Waals surface area contributed by atoms with Crippen LogP contribution in [0, 0.1) is 13.8 Å². The molecule has 36 heavy (non-hydrogen) atoms. The smallest absolute Gasteiger partial charge is 0.220 e. The molecule has 6 heteroatoms. The number of hydrogen-bond donors (Lipinski definition) is 5. The lowest BCUT2D eigenvalue weighted by molar-refractivity contribution is -0.121. The van der Waals surface area contributed by atoms with Crippen LogP contribution in [0.3, 0.4) is 0 Å². The van der Waals surface area contributed by atoms with Gasteiger partial charge in [-0.2, -0.15) is 0 Å². The molecule has 0 spiro atoms. The summed E-state index contributed by atoms with van der Waals surface area (Å²) in [6.07, 6.45) is 1.17. The summed E-state index contributed by atoms with van der Waals surface area (Å²) in [5.74, 6) is 0.0646. The number of aromatic hydroxyl groups is 1. The summed E-state index contributed by atoms with van der Waals surface area (Å²) < 4.78 is 0. The van der Waals surface area contributed by atoms with E-state index in [1.165, 1.54) is 22.8 Å². The Kier molecular flexibility index (Phi) is 10.1. The zero-order chi connectivity index (χ0) is 26.1. The highest BCUT2D eigenvalue weighted by Gasteiger charge is 2.12. The van der Waals surface area contributed by atoms with Crippen LogP contribution in [-0.2, 0) is 30.8 Å². The van der Waals surface area contributed by atoms with E-state index in [0.717, 1.165) is 17.5 Å². The predicted octanol–water partition coefficient (Wildman–Crippen LogP) is 4.00. The third-order valence-electron chi connectivity index (χ3n) is 6.55. The highest BCUT2D eigenvalue weighted by atomic mass is 16.3. The first-order valence-corrected chi connectivity index (χ1v) is 12.5. The van der Waals surface area contributed by atoms with Crippen LogP contribution in [0.25, 0.3) is 0 Å². The van der Waals surface area contributed by atoms with E-state index in [-0.39, 0.29) is 24.3 Å². The lowest BCUT2D eigenvalue weighted by atomic mass is 10.0. The molecule has 3 aromatic carbocycles. The van der Waals surface area contributed by atoms with Gasteiger partial charge in [-0.15, -0.1) is 0 Å². The lowest BCUT2D eigenvalue weighted by Crippen LogP contribution is -2.32. The summed E-state index contributed by atoms with van der Waals surface area (Å²) in [7, 11) is 0. The molecule has 3 rings (SSSR count). The van der Waals surface area contributed by atoms with Crippen LogP contribution in [0.1, 0.15) is 58.4 Å². The fourth-order valence-corrected chi connectivity index (χ4v) is 4.17. The third-order valence-corrected chi connectivity index (χ3v) is 6.55. The second-order valence-corrected chi connectivity index (χ2v) is 9.59. The van der Waals surface area contributed by atoms with Crippen LogP contribution < -0.4 is 10.6 Å². The van der Waals surface area contributed by atoms with Gasteiger partial charge in [0, 0.05) is 31.1 Å². The molecule has 1 amide bonds. The van der Waals surface area contributed by atoms with E-state index in [4.69, 9.17) is 0 Å². The number of aryl methyl sites for hydroxylation is 3. The molecule has 0 aliphatic carbocycles. The molecular formula is C30H38N2O4. The van der Waals surface area contributed by atoms with Crippen molar-refractivity contribution in [3.8, 4) is 5.75 Å². The lowest BCUT2D eigenvalue weighted by Gasteiger charge is -2.18. The SMILES string of the molecule is Cc1ccc(CNC(=O)CCc2cccc(C[C@@H](C)NC[C@H](O)c3ccc(O)c(CO)c3)c2)cc1C. The molecule has 0 aliphatic heterocycles. The van der Waals surface area contributed by atoms with E-state index < -0.39 is 6.10 Å². The average molecular weight is 491 g/mol. The molecule has 0 heterocycles. The highest BCUT2D eigenvalue weighted by Crippen LogP contribution is 2.22. The van der Waals surface area contributed by atoms with E-state index in [9.17, 15) is 20.1 Å². The molecule has 3 aromatic rings. The van der Waals surface area contributed by atoms with Gasteiger partial charge in [-0.1, -0.05) is 48.5 Å². The maximum absolute atomic E-state index is 12.4. The molecule has 0 saturated heterocycles. The first kappa shape index (κ1) is 27.4. The van der Waals surface area contributed by atoms with E-state index in [2.05, 4.69) is 61.7 Å². The Bertz CT molecular complexity index is 1160. The summed E-state index contributed by atoms with van der Waals surface area (Å²) in [5, 5.41) is 35.9. The van der Waals surface area contributed by atoms with Gasteiger partial charge in [0.2, 0.25) is 5.91 Å². The van der Waals surface area contributed by atoms with Crippen molar-refractivity contribution in [2.45, 2.75) is 65.3 Å². The number of carbonyl (C=O) groups is 1. The highest BCUT2D eigenvalue weighted by molar-refractivity contribution is 5.76. The van der Waals surface area contributed by atoms with Crippen molar-refractivity contribution < 1.29 is 20.1 Å². The average Bonchev–Trinajstić information content (AvgIpc) is 2.87. The topological polar surface area (TPSA) is 102 Å². The zero-order valence-electron chi connectivity index (χ0n) is 21.4. The molecule has 0 aromatic heterocycles. The van der Waals surface area contributed by atoms with Crippen LogP contribution in [0.2, 0.25) is 0 Å². The standard InChI is InChI=1S/C30H38N2O4/c1-20-7-8-25(13-21(20)2)17-32-30(36)12-9-23-5-4-6-24(15-23)14-22(3)31-18-29(35)26-10-11-28(34)27(16-26)19-33/h4-8,10-11,13,15-16,22,29,31,33-35H,9,12,14,17-19H2,1-3H3,(H,32,36)/t22-,29+/m1/s1. The fraction of sp³-hybridized carbons (Fsp3) is 0.367. The van der Waals surface area contributed by atoms with Crippen molar-refractivity contribution in [3.63, 3.8) is 0 Å². The van der Waals surface area contributed by atoms with E-state index >= 15 is 0 Å². The van der Waals surface area contributed by atoms with Gasteiger partial charge in [-0.25, -0.2) is 0 Å². The Balaban J connectivity index is 1.44. The molecule has 0 unspecified atom stereocenters. The van der Waals surface area contributed by atoms with Crippen molar-refractivity contribution in [3.05, 3.63) is 99.6 Å². The molecule has 0 radical (unpaired) electrons. The van der Waals surface area contributed by atoms with Gasteiger partial charge in [-0.05, 0) is 79.1 Å². The van der Waals surface area contributed by atoms with Gasteiger partial charge in [0.1, 0.15) is 5.75 Å². The predicted molar refractivity (Wildman–Crippen MR) is 143 cm³/mol. The first-order chi connectivity index (χ1) is 17.2. The van der Waals surface area contributed by atoms with Crippen molar-refractivity contribution in [1.82, 2.24) is 10.6 Å². The second-order valence-electron chi connectivity index (χ2n) is 9.59. The number of nitrogens with one attached hydrogen (secondary N) is 2. The minimum atomic E-state index is -0.743. The Morgan fingerprint density at radius 1 is 0.944 bits per heavy atom. The largest absolute Gasteiger partial charge is 0.508 e. The maximum atomic E-state index is 12.4. The number of rotatable bonds is 12. The molecule has 6 nitrogen and oxygen atoms in total. The van der Waals surface area contributed by atoms with Crippen LogP contribution >= 0.6 is 0 Å². The summed E-state index contributed by atoms with van der Waals surface area (Å²) in [6, 6.07) is 19.4. The number of carbonyl (C=O) groups excluding carboxylic acids is 1. The molecule has 0 bridgehead atoms. The van der Waals surface area contributed by atoms with Gasteiger partial charge in [0.15, 0.2) is 0 Å². The summed E-state index contributed by atoms with van der Waals surface area (Å²) in [6.45, 7) is 6.85. The number of phenols is 1. The monoisotopic (exact) mass is 490 g/mol. The first-order valence-electron chi connectivity index (χ1n) is 12.5. The Labute approximate surface area is 214 Å². The van der Waals surface area contributed by atoms with E-state index in [0.29, 0.717) is 37.1 Å². The number of hydrogen-bond acceptors (Lipinski definition) is 5. The Morgan fingerprint density at radius 2 is 1.72 bits per heavy atom. The van der Waals surface area contributed by atoms with Gasteiger partial charge in [-0.3, -0.25) is 4.79 Å². The molecule has 0 aliphatic rings. The van der Waals surface area contributed by atoms with E-state index in [1.54, 1.807) is 12.1 Å². The van der Waals surface area contributed by atoms with Crippen LogP contribution in [0.15, 0.2) is 60.7 Å². The van der Waals surface area contributed by atoms with Crippen molar-refractivity contribution in [1.29, 1.82) is 0 Å². The molecule has 192 valence electrons. The number of benzene rings is 3. The van der Waals surface area contributed by atoms with Crippen molar-refractivity contribution in [2.24, 2.45) is 0 Å². The van der Waals surface area contributed by atoms with Crippen LogP contribution in [-0.4, -0.2) is 33.8 Å². The van der Waals surface area contributed by atoms with Gasteiger partial charge in [0.25, 0.3) is 0 Å². The quantitative estimate of drug-likeness (QED) is 0.264. The minimum absolute atomic E-state index is 0.0218. The Hall–Kier alpha value is -3.19. The Morgan fingerprint density at radius 3 is 2.47 bits per heavy atom. The molecule has 2 atom stereocenters. The van der Waals surface area contributed by atoms with Gasteiger partial charge in [0.05, 0.1) is 12.7 Å². The number of amides is 1. The molecular weight excluding hydrogens is 452 g/mol. The maximum Gasteiger partial charge on any atom is 0.220 e. The molecule has 0 saturated carbocycles. The van der Waals surface area contributed by atoms with Crippen LogP contribution in [0.5, 0.6) is 5.75 Å². The zero-order valence-corrected chi connectivity index (χ0v) is 21.4. The van der Waals surface area contributed by atoms with Crippen molar-refractivity contribution >= 4 is 5.91 Å². The summed E-state index contributed by atoms with van der Waals surface area (Å²) in [4.78, 5) is 12.4.